The SMILES string of the molecule is CC(C)CC(CO)NC(=O)Cc1ccc(F)c(Br)c1. The summed E-state index contributed by atoms with van der Waals surface area (Å²) in [5.41, 5.74) is 0.729. The molecule has 2 N–H and O–H groups in total. The van der Waals surface area contributed by atoms with E-state index in [4.69, 9.17) is 0 Å². The van der Waals surface area contributed by atoms with Crippen LogP contribution in [-0.4, -0.2) is 23.7 Å². The summed E-state index contributed by atoms with van der Waals surface area (Å²) in [6.45, 7) is 3.99. The highest BCUT2D eigenvalue weighted by molar-refractivity contribution is 9.10. The molecule has 1 aromatic rings. The molecule has 106 valence electrons. The van der Waals surface area contributed by atoms with E-state index < -0.39 is 0 Å². The number of halogens is 2. The van der Waals surface area contributed by atoms with Crippen LogP contribution < -0.4 is 5.32 Å². The molecule has 19 heavy (non-hydrogen) atoms. The average molecular weight is 332 g/mol. The number of carbonyl (C=O) groups excluding carboxylic acids is 1. The van der Waals surface area contributed by atoms with E-state index in [-0.39, 0.29) is 30.8 Å². The minimum atomic E-state index is -0.350. The Balaban J connectivity index is 2.56. The molecular weight excluding hydrogens is 313 g/mol. The molecule has 0 aliphatic heterocycles. The van der Waals surface area contributed by atoms with Crippen LogP contribution in [0.1, 0.15) is 25.8 Å². The number of carbonyl (C=O) groups is 1. The maximum Gasteiger partial charge on any atom is 0.224 e. The zero-order valence-corrected chi connectivity index (χ0v) is 12.7. The van der Waals surface area contributed by atoms with Gasteiger partial charge in [-0.25, -0.2) is 4.39 Å². The highest BCUT2D eigenvalue weighted by atomic mass is 79.9. The third kappa shape index (κ3) is 5.70. The van der Waals surface area contributed by atoms with Gasteiger partial charge in [0.25, 0.3) is 0 Å². The number of aliphatic hydroxyl groups excluding tert-OH is 1. The number of benzene rings is 1. The fraction of sp³-hybridized carbons (Fsp3) is 0.500. The molecule has 1 unspecified atom stereocenters. The Morgan fingerprint density at radius 3 is 2.68 bits per heavy atom. The summed E-state index contributed by atoms with van der Waals surface area (Å²) in [7, 11) is 0. The summed E-state index contributed by atoms with van der Waals surface area (Å²) in [4.78, 5) is 11.8. The zero-order chi connectivity index (χ0) is 14.4. The van der Waals surface area contributed by atoms with Crippen LogP contribution in [0, 0.1) is 11.7 Å². The Hall–Kier alpha value is -0.940. The molecule has 0 saturated carbocycles. The minimum absolute atomic E-state index is 0.0724. The number of hydrogen-bond donors (Lipinski definition) is 2. The van der Waals surface area contributed by atoms with Gasteiger partial charge in [-0.2, -0.15) is 0 Å². The quantitative estimate of drug-likeness (QED) is 0.841. The van der Waals surface area contributed by atoms with E-state index in [2.05, 4.69) is 21.2 Å². The lowest BCUT2D eigenvalue weighted by molar-refractivity contribution is -0.121. The van der Waals surface area contributed by atoms with Crippen molar-refractivity contribution in [1.29, 1.82) is 0 Å². The summed E-state index contributed by atoms with van der Waals surface area (Å²) in [6, 6.07) is 4.27. The van der Waals surface area contributed by atoms with Crippen LogP contribution in [0.4, 0.5) is 4.39 Å². The van der Waals surface area contributed by atoms with Gasteiger partial charge in [0.05, 0.1) is 23.5 Å². The van der Waals surface area contributed by atoms with Crippen molar-refractivity contribution >= 4 is 21.8 Å². The highest BCUT2D eigenvalue weighted by Crippen LogP contribution is 2.17. The predicted molar refractivity (Wildman–Crippen MR) is 76.3 cm³/mol. The van der Waals surface area contributed by atoms with Crippen LogP contribution in [0.5, 0.6) is 0 Å². The largest absolute Gasteiger partial charge is 0.394 e. The summed E-state index contributed by atoms with van der Waals surface area (Å²) < 4.78 is 13.4. The summed E-state index contributed by atoms with van der Waals surface area (Å²) >= 11 is 3.09. The second-order valence-corrected chi connectivity index (χ2v) is 5.86. The molecule has 0 aromatic heterocycles. The van der Waals surface area contributed by atoms with Crippen molar-refractivity contribution in [2.45, 2.75) is 32.7 Å². The van der Waals surface area contributed by atoms with Crippen molar-refractivity contribution in [2.75, 3.05) is 6.61 Å². The number of hydrogen-bond acceptors (Lipinski definition) is 2. The molecule has 0 saturated heterocycles. The number of amides is 1. The summed E-state index contributed by atoms with van der Waals surface area (Å²) in [5.74, 6) is -0.118. The number of aliphatic hydroxyl groups is 1. The molecule has 0 aliphatic rings. The fourth-order valence-electron chi connectivity index (χ4n) is 1.86. The molecule has 0 radical (unpaired) electrons. The van der Waals surface area contributed by atoms with Gasteiger partial charge in [0, 0.05) is 0 Å². The van der Waals surface area contributed by atoms with Crippen LogP contribution in [0.3, 0.4) is 0 Å². The smallest absolute Gasteiger partial charge is 0.224 e. The van der Waals surface area contributed by atoms with Gasteiger partial charge in [-0.05, 0) is 46.0 Å². The lowest BCUT2D eigenvalue weighted by atomic mass is 10.0. The normalized spacial score (nSPS) is 12.5. The van der Waals surface area contributed by atoms with E-state index in [1.807, 2.05) is 13.8 Å². The lowest BCUT2D eigenvalue weighted by Gasteiger charge is -2.18. The first kappa shape index (κ1) is 16.1. The van der Waals surface area contributed by atoms with Crippen LogP contribution in [0.2, 0.25) is 0 Å². The second-order valence-electron chi connectivity index (χ2n) is 5.00. The molecule has 0 fully saturated rings. The van der Waals surface area contributed by atoms with Gasteiger partial charge in [0.1, 0.15) is 5.82 Å². The van der Waals surface area contributed by atoms with Gasteiger partial charge in [0.15, 0.2) is 0 Å². The molecule has 1 atom stereocenters. The van der Waals surface area contributed by atoms with E-state index >= 15 is 0 Å². The third-order valence-electron chi connectivity index (χ3n) is 2.69. The van der Waals surface area contributed by atoms with E-state index in [0.29, 0.717) is 10.4 Å². The summed E-state index contributed by atoms with van der Waals surface area (Å²) in [6.07, 6.45) is 0.906. The molecule has 0 heterocycles. The van der Waals surface area contributed by atoms with E-state index in [1.165, 1.54) is 6.07 Å². The predicted octanol–water partition coefficient (Wildman–Crippen LogP) is 2.65. The second kappa shape index (κ2) is 7.60. The van der Waals surface area contributed by atoms with Crippen molar-refractivity contribution < 1.29 is 14.3 Å². The van der Waals surface area contributed by atoms with Crippen LogP contribution in [0.25, 0.3) is 0 Å². The molecule has 5 heteroatoms. The third-order valence-corrected chi connectivity index (χ3v) is 3.30. The average Bonchev–Trinajstić information content (AvgIpc) is 2.32. The van der Waals surface area contributed by atoms with Crippen molar-refractivity contribution in [3.05, 3.63) is 34.1 Å². The minimum Gasteiger partial charge on any atom is -0.394 e. The molecule has 1 amide bonds. The number of rotatable bonds is 6. The van der Waals surface area contributed by atoms with Gasteiger partial charge in [0.2, 0.25) is 5.91 Å². The van der Waals surface area contributed by atoms with Crippen molar-refractivity contribution in [1.82, 2.24) is 5.32 Å². The van der Waals surface area contributed by atoms with Gasteiger partial charge in [-0.3, -0.25) is 4.79 Å². The highest BCUT2D eigenvalue weighted by Gasteiger charge is 2.13. The van der Waals surface area contributed by atoms with Gasteiger partial charge in [-0.1, -0.05) is 19.9 Å². The lowest BCUT2D eigenvalue weighted by Crippen LogP contribution is -2.39. The maximum atomic E-state index is 13.1. The number of nitrogens with one attached hydrogen (secondary N) is 1. The van der Waals surface area contributed by atoms with Crippen molar-refractivity contribution in [3.8, 4) is 0 Å². The Morgan fingerprint density at radius 1 is 1.47 bits per heavy atom. The van der Waals surface area contributed by atoms with E-state index in [9.17, 15) is 14.3 Å². The monoisotopic (exact) mass is 331 g/mol. The Bertz CT molecular complexity index is 437. The Morgan fingerprint density at radius 2 is 2.16 bits per heavy atom. The summed E-state index contributed by atoms with van der Waals surface area (Å²) in [5, 5.41) is 12.0. The molecule has 1 rings (SSSR count). The molecule has 1 aromatic carbocycles. The van der Waals surface area contributed by atoms with Gasteiger partial charge < -0.3 is 10.4 Å². The molecule has 0 bridgehead atoms. The van der Waals surface area contributed by atoms with Crippen molar-refractivity contribution in [2.24, 2.45) is 5.92 Å². The van der Waals surface area contributed by atoms with Gasteiger partial charge >= 0.3 is 0 Å². The van der Waals surface area contributed by atoms with Crippen LogP contribution in [0.15, 0.2) is 22.7 Å². The zero-order valence-electron chi connectivity index (χ0n) is 11.1. The molecule has 3 nitrogen and oxygen atoms in total. The topological polar surface area (TPSA) is 49.3 Å². The first-order valence-electron chi connectivity index (χ1n) is 6.26. The maximum absolute atomic E-state index is 13.1. The van der Waals surface area contributed by atoms with Crippen molar-refractivity contribution in [3.63, 3.8) is 0 Å². The van der Waals surface area contributed by atoms with E-state index in [0.717, 1.165) is 12.0 Å². The standard InChI is InChI=1S/C14H19BrFNO2/c1-9(2)5-11(8-18)17-14(19)7-10-3-4-13(16)12(15)6-10/h3-4,6,9,11,18H,5,7-8H2,1-2H3,(H,17,19). The molecule has 0 spiro atoms. The molecule has 0 aliphatic carbocycles. The molecular formula is C14H19BrFNO2. The first-order valence-corrected chi connectivity index (χ1v) is 7.05. The van der Waals surface area contributed by atoms with E-state index in [1.54, 1.807) is 12.1 Å². The first-order chi connectivity index (χ1) is 8.92. The Kier molecular flexibility index (Phi) is 6.45. The van der Waals surface area contributed by atoms with Gasteiger partial charge in [-0.15, -0.1) is 0 Å². The van der Waals surface area contributed by atoms with Crippen LogP contribution >= 0.6 is 15.9 Å². The Labute approximate surface area is 121 Å². The van der Waals surface area contributed by atoms with Crippen LogP contribution in [-0.2, 0) is 11.2 Å². The fourth-order valence-corrected chi connectivity index (χ4v) is 2.29.